The number of fused-ring (bicyclic) bond motifs is 1. The molecule has 0 atom stereocenters. The zero-order chi connectivity index (χ0) is 39.4. The molecule has 0 bridgehead atoms. The minimum atomic E-state index is -4.38. The van der Waals surface area contributed by atoms with E-state index in [9.17, 15) is 18.0 Å². The number of halogens is 3. The maximum atomic E-state index is 13.8. The molecule has 0 saturated carbocycles. The summed E-state index contributed by atoms with van der Waals surface area (Å²) in [6.45, 7) is 15.6. The van der Waals surface area contributed by atoms with Crippen molar-refractivity contribution in [2.75, 3.05) is 32.8 Å². The highest BCUT2D eigenvalue weighted by molar-refractivity contribution is 7.98. The Morgan fingerprint density at radius 2 is 1.44 bits per heavy atom. The van der Waals surface area contributed by atoms with Gasteiger partial charge in [-0.25, -0.2) is 4.98 Å². The number of carbonyl (C=O) groups excluding carboxylic acids is 1. The molecule has 2 aliphatic rings. The van der Waals surface area contributed by atoms with E-state index in [-0.39, 0.29) is 12.5 Å². The lowest BCUT2D eigenvalue weighted by atomic mass is 9.79. The van der Waals surface area contributed by atoms with Gasteiger partial charge >= 0.3 is 13.3 Å². The highest BCUT2D eigenvalue weighted by Crippen LogP contribution is 2.37. The van der Waals surface area contributed by atoms with Gasteiger partial charge in [0, 0.05) is 31.0 Å². The number of aryl methyl sites for hydroxylation is 1. The molecule has 2 heterocycles. The molecule has 3 aromatic carbocycles. The van der Waals surface area contributed by atoms with Crippen LogP contribution in [0.1, 0.15) is 75.9 Å². The Labute approximate surface area is 327 Å². The molecule has 0 radical (unpaired) electrons. The molecule has 13 heteroatoms. The standard InChI is InChI=1S/C42H50BF3N4O4S/c1-7-49(8-2)24-25-50(26-29-12-16-31(17-13-29)32-18-20-33(21-19-32)42(44,45)46)37(51)27-52-38-35-10-9-11-36(35)47-39(48-38)55-28-30-14-22-34(23-15-30)43-53-40(3,4)41(5,6)54-43/h12-23H,7-11,24-28H2,1-6H3. The second-order valence-electron chi connectivity index (χ2n) is 15.1. The number of benzene rings is 3. The predicted molar refractivity (Wildman–Crippen MR) is 211 cm³/mol. The van der Waals surface area contributed by atoms with E-state index in [0.29, 0.717) is 42.0 Å². The average molecular weight is 775 g/mol. The third-order valence-corrected chi connectivity index (χ3v) is 11.8. The molecule has 0 N–H and O–H groups in total. The minimum absolute atomic E-state index is 0.152. The van der Waals surface area contributed by atoms with Gasteiger partial charge < -0.3 is 23.8 Å². The first kappa shape index (κ1) is 40.7. The smallest absolute Gasteiger partial charge is 0.467 e. The third kappa shape index (κ3) is 9.92. The number of aromatic nitrogens is 2. The van der Waals surface area contributed by atoms with Crippen molar-refractivity contribution in [2.45, 2.75) is 95.6 Å². The molecule has 1 saturated heterocycles. The highest BCUT2D eigenvalue weighted by Gasteiger charge is 2.51. The van der Waals surface area contributed by atoms with E-state index in [1.54, 1.807) is 4.90 Å². The molecule has 8 nitrogen and oxygen atoms in total. The maximum Gasteiger partial charge on any atom is 0.494 e. The number of nitrogens with zero attached hydrogens (tertiary/aromatic N) is 4. The summed E-state index contributed by atoms with van der Waals surface area (Å²) < 4.78 is 57.8. The van der Waals surface area contributed by atoms with Crippen LogP contribution in [0.3, 0.4) is 0 Å². The van der Waals surface area contributed by atoms with Gasteiger partial charge in [-0.1, -0.05) is 86.3 Å². The number of carbonyl (C=O) groups is 1. The second kappa shape index (κ2) is 17.1. The van der Waals surface area contributed by atoms with Gasteiger partial charge in [0.2, 0.25) is 5.88 Å². The van der Waals surface area contributed by atoms with Crippen LogP contribution in [-0.4, -0.2) is 76.8 Å². The first-order chi connectivity index (χ1) is 26.2. The molecular formula is C42H50BF3N4O4S. The van der Waals surface area contributed by atoms with Crippen molar-refractivity contribution in [2.24, 2.45) is 0 Å². The zero-order valence-corrected chi connectivity index (χ0v) is 33.4. The topological polar surface area (TPSA) is 77.0 Å². The van der Waals surface area contributed by atoms with Crippen LogP contribution in [0.25, 0.3) is 11.1 Å². The van der Waals surface area contributed by atoms with Crippen molar-refractivity contribution in [1.29, 1.82) is 0 Å². The lowest BCUT2D eigenvalue weighted by Crippen LogP contribution is -2.41. The van der Waals surface area contributed by atoms with Crippen LogP contribution in [0, 0.1) is 0 Å². The SMILES string of the molecule is CCN(CC)CCN(Cc1ccc(-c2ccc(C(F)(F)F)cc2)cc1)C(=O)COc1nc(SCc2ccc(B3OC(C)(C)C(C)(C)O3)cc2)nc2c1CCC2. The fraction of sp³-hybridized carbons (Fsp3) is 0.452. The summed E-state index contributed by atoms with van der Waals surface area (Å²) in [5.74, 6) is 0.983. The van der Waals surface area contributed by atoms with Gasteiger partial charge in [-0.2, -0.15) is 18.2 Å². The zero-order valence-electron chi connectivity index (χ0n) is 32.5. The number of hydrogen-bond acceptors (Lipinski definition) is 8. The fourth-order valence-corrected chi connectivity index (χ4v) is 7.46. The number of rotatable bonds is 15. The van der Waals surface area contributed by atoms with Crippen LogP contribution in [0.5, 0.6) is 5.88 Å². The summed E-state index contributed by atoms with van der Waals surface area (Å²) >= 11 is 1.54. The molecule has 6 rings (SSSR count). The first-order valence-electron chi connectivity index (χ1n) is 19.0. The number of amides is 1. The van der Waals surface area contributed by atoms with Gasteiger partial charge in [-0.05, 0) is 99.9 Å². The minimum Gasteiger partial charge on any atom is -0.467 e. The Balaban J connectivity index is 1.10. The lowest BCUT2D eigenvalue weighted by molar-refractivity contribution is -0.137. The van der Waals surface area contributed by atoms with Gasteiger partial charge in [0.05, 0.1) is 22.5 Å². The van der Waals surface area contributed by atoms with Gasteiger partial charge in [0.25, 0.3) is 5.91 Å². The maximum absolute atomic E-state index is 13.8. The summed E-state index contributed by atoms with van der Waals surface area (Å²) in [7, 11) is -0.413. The lowest BCUT2D eigenvalue weighted by Gasteiger charge is -2.32. The Morgan fingerprint density at radius 3 is 2.04 bits per heavy atom. The number of hydrogen-bond donors (Lipinski definition) is 0. The van der Waals surface area contributed by atoms with Gasteiger partial charge in [0.1, 0.15) is 0 Å². The molecular weight excluding hydrogens is 724 g/mol. The molecule has 1 aromatic heterocycles. The normalized spacial score (nSPS) is 16.1. The molecule has 4 aromatic rings. The van der Waals surface area contributed by atoms with E-state index in [0.717, 1.165) is 77.9 Å². The molecule has 1 aliphatic carbocycles. The fourth-order valence-electron chi connectivity index (χ4n) is 6.65. The van der Waals surface area contributed by atoms with Gasteiger partial charge in [-0.15, -0.1) is 0 Å². The summed E-state index contributed by atoms with van der Waals surface area (Å²) in [5.41, 5.74) is 4.95. The summed E-state index contributed by atoms with van der Waals surface area (Å²) in [4.78, 5) is 27.5. The van der Waals surface area contributed by atoms with E-state index in [1.165, 1.54) is 23.9 Å². The van der Waals surface area contributed by atoms with E-state index in [2.05, 4.69) is 30.9 Å². The summed E-state index contributed by atoms with van der Waals surface area (Å²) in [6, 6.07) is 20.9. The molecule has 1 amide bonds. The van der Waals surface area contributed by atoms with Crippen LogP contribution in [0.15, 0.2) is 78.0 Å². The van der Waals surface area contributed by atoms with Crippen LogP contribution in [0.4, 0.5) is 13.2 Å². The highest BCUT2D eigenvalue weighted by atomic mass is 32.2. The van der Waals surface area contributed by atoms with E-state index in [4.69, 9.17) is 24.0 Å². The average Bonchev–Trinajstić information content (AvgIpc) is 3.73. The van der Waals surface area contributed by atoms with Crippen LogP contribution in [0.2, 0.25) is 0 Å². The molecule has 55 heavy (non-hydrogen) atoms. The molecule has 0 unspecified atom stereocenters. The monoisotopic (exact) mass is 774 g/mol. The quantitative estimate of drug-likeness (QED) is 0.0684. The van der Waals surface area contributed by atoms with Crippen LogP contribution in [-0.2, 0) is 45.4 Å². The van der Waals surface area contributed by atoms with Crippen LogP contribution < -0.4 is 10.2 Å². The predicted octanol–water partition coefficient (Wildman–Crippen LogP) is 7.99. The van der Waals surface area contributed by atoms with Crippen molar-refractivity contribution in [3.8, 4) is 17.0 Å². The van der Waals surface area contributed by atoms with Gasteiger partial charge in [0.15, 0.2) is 11.8 Å². The summed E-state index contributed by atoms with van der Waals surface area (Å²) in [6.07, 6.45) is -1.77. The molecule has 0 spiro atoms. The molecule has 292 valence electrons. The van der Waals surface area contributed by atoms with Crippen molar-refractivity contribution >= 4 is 30.3 Å². The largest absolute Gasteiger partial charge is 0.494 e. The Bertz CT molecular complexity index is 1910. The van der Waals surface area contributed by atoms with Crippen molar-refractivity contribution in [3.63, 3.8) is 0 Å². The number of thioether (sulfide) groups is 1. The van der Waals surface area contributed by atoms with Crippen molar-refractivity contribution in [3.05, 3.63) is 101 Å². The Morgan fingerprint density at radius 1 is 0.836 bits per heavy atom. The second-order valence-corrected chi connectivity index (χ2v) is 16.1. The van der Waals surface area contributed by atoms with Gasteiger partial charge in [-0.3, -0.25) is 4.79 Å². The first-order valence-corrected chi connectivity index (χ1v) is 20.0. The van der Waals surface area contributed by atoms with Crippen LogP contribution >= 0.6 is 11.8 Å². The Hall–Kier alpha value is -3.91. The Kier molecular flexibility index (Phi) is 12.6. The number of likely N-dealkylation sites (N-methyl/N-ethyl adjacent to an activating group) is 1. The third-order valence-electron chi connectivity index (χ3n) is 10.9. The van der Waals surface area contributed by atoms with E-state index >= 15 is 0 Å². The van der Waals surface area contributed by atoms with Crippen molar-refractivity contribution < 1.29 is 32.0 Å². The number of alkyl halides is 3. The molecule has 1 aliphatic heterocycles. The van der Waals surface area contributed by atoms with E-state index in [1.807, 2.05) is 64.1 Å². The van der Waals surface area contributed by atoms with E-state index < -0.39 is 30.1 Å². The molecule has 1 fully saturated rings. The number of ether oxygens (including phenoxy) is 1. The summed E-state index contributed by atoms with van der Waals surface area (Å²) in [5, 5.41) is 0.615. The van der Waals surface area contributed by atoms with Crippen molar-refractivity contribution in [1.82, 2.24) is 19.8 Å².